The monoisotopic (exact) mass is 311 g/mol. The molecule has 1 atom stereocenters. The van der Waals surface area contributed by atoms with E-state index in [0.29, 0.717) is 19.1 Å². The molecule has 1 aromatic heterocycles. The summed E-state index contributed by atoms with van der Waals surface area (Å²) in [5.74, 6) is -0.221. The topological polar surface area (TPSA) is 71.5 Å². The smallest absolute Gasteiger partial charge is 0.367 e. The van der Waals surface area contributed by atoms with Gasteiger partial charge < -0.3 is 15.0 Å². The van der Waals surface area contributed by atoms with E-state index >= 15 is 0 Å². The molecule has 1 aromatic rings. The lowest BCUT2D eigenvalue weighted by Crippen LogP contribution is -2.39. The molecule has 1 saturated heterocycles. The van der Waals surface area contributed by atoms with Crippen LogP contribution in [0.2, 0.25) is 0 Å². The molecule has 0 radical (unpaired) electrons. The number of thiazole rings is 1. The highest BCUT2D eigenvalue weighted by atomic mass is 32.1. The fourth-order valence-corrected chi connectivity index (χ4v) is 3.12. The average Bonchev–Trinajstić information content (AvgIpc) is 2.95. The van der Waals surface area contributed by atoms with Gasteiger partial charge in [-0.25, -0.2) is 9.78 Å². The molecule has 2 rings (SSSR count). The van der Waals surface area contributed by atoms with Crippen molar-refractivity contribution in [2.75, 3.05) is 33.3 Å². The van der Waals surface area contributed by atoms with Gasteiger partial charge in [0.1, 0.15) is 5.69 Å². The summed E-state index contributed by atoms with van der Waals surface area (Å²) in [6, 6.07) is 0. The number of hydrogen-bond acceptors (Lipinski definition) is 6. The highest BCUT2D eigenvalue weighted by Gasteiger charge is 2.20. The van der Waals surface area contributed by atoms with Gasteiger partial charge in [0.05, 0.1) is 6.61 Å². The summed E-state index contributed by atoms with van der Waals surface area (Å²) in [7, 11) is 2.10. The van der Waals surface area contributed by atoms with Crippen molar-refractivity contribution in [1.82, 2.24) is 15.2 Å². The van der Waals surface area contributed by atoms with Crippen LogP contribution in [0.1, 0.15) is 40.1 Å². The van der Waals surface area contributed by atoms with E-state index in [4.69, 9.17) is 4.74 Å². The van der Waals surface area contributed by atoms with E-state index in [0.717, 1.165) is 30.8 Å². The van der Waals surface area contributed by atoms with E-state index in [1.807, 2.05) is 0 Å². The van der Waals surface area contributed by atoms with Crippen molar-refractivity contribution in [2.45, 2.75) is 19.8 Å². The third kappa shape index (κ3) is 4.50. The number of likely N-dealkylation sites (tertiary alicyclic amines) is 1. The van der Waals surface area contributed by atoms with Crippen LogP contribution >= 0.6 is 11.3 Å². The lowest BCUT2D eigenvalue weighted by molar-refractivity contribution is 0.0526. The zero-order chi connectivity index (χ0) is 15.2. The molecule has 1 aliphatic rings. The van der Waals surface area contributed by atoms with Crippen LogP contribution in [0.25, 0.3) is 0 Å². The molecule has 1 unspecified atom stereocenters. The van der Waals surface area contributed by atoms with Gasteiger partial charge in [-0.3, -0.25) is 4.79 Å². The molecule has 0 spiro atoms. The Balaban J connectivity index is 1.84. The lowest BCUT2D eigenvalue weighted by atomic mass is 9.98. The average molecular weight is 311 g/mol. The Morgan fingerprint density at radius 2 is 2.38 bits per heavy atom. The number of ether oxygens (including phenoxy) is 1. The van der Waals surface area contributed by atoms with Gasteiger partial charge in [-0.05, 0) is 39.3 Å². The van der Waals surface area contributed by atoms with Crippen molar-refractivity contribution >= 4 is 23.2 Å². The number of rotatable bonds is 5. The fraction of sp³-hybridized carbons (Fsp3) is 0.643. The SMILES string of the molecule is CCOC(=O)c1nc(C(=O)NCC2CCCN(C)C2)cs1. The summed E-state index contributed by atoms with van der Waals surface area (Å²) in [5, 5.41) is 4.71. The van der Waals surface area contributed by atoms with Crippen LogP contribution in [0.3, 0.4) is 0 Å². The van der Waals surface area contributed by atoms with Crippen molar-refractivity contribution in [3.63, 3.8) is 0 Å². The number of nitrogens with zero attached hydrogens (tertiary/aromatic N) is 2. The minimum Gasteiger partial charge on any atom is -0.461 e. The summed E-state index contributed by atoms with van der Waals surface area (Å²) < 4.78 is 4.86. The quantitative estimate of drug-likeness (QED) is 0.832. The number of piperidine rings is 1. The van der Waals surface area contributed by atoms with Gasteiger partial charge in [0.2, 0.25) is 5.01 Å². The van der Waals surface area contributed by atoms with E-state index < -0.39 is 5.97 Å². The summed E-state index contributed by atoms with van der Waals surface area (Å²) in [6.45, 7) is 4.82. The zero-order valence-electron chi connectivity index (χ0n) is 12.4. The van der Waals surface area contributed by atoms with E-state index in [2.05, 4.69) is 22.2 Å². The minimum absolute atomic E-state index is 0.222. The zero-order valence-corrected chi connectivity index (χ0v) is 13.2. The highest BCUT2D eigenvalue weighted by Crippen LogP contribution is 2.15. The summed E-state index contributed by atoms with van der Waals surface area (Å²) in [4.78, 5) is 29.8. The first kappa shape index (κ1) is 15.9. The largest absolute Gasteiger partial charge is 0.461 e. The molecule has 2 heterocycles. The molecule has 116 valence electrons. The molecule has 0 bridgehead atoms. The summed E-state index contributed by atoms with van der Waals surface area (Å²) in [6.07, 6.45) is 2.30. The molecule has 7 heteroatoms. The molecule has 6 nitrogen and oxygen atoms in total. The normalized spacial score (nSPS) is 19.2. The molecule has 1 N–H and O–H groups in total. The van der Waals surface area contributed by atoms with Gasteiger partial charge in [-0.15, -0.1) is 11.3 Å². The molecule has 1 amide bonds. The van der Waals surface area contributed by atoms with Crippen LogP contribution in [0.15, 0.2) is 5.38 Å². The standard InChI is InChI=1S/C14H21N3O3S/c1-3-20-14(19)13-16-11(9-21-13)12(18)15-7-10-5-4-6-17(2)8-10/h9-10H,3-8H2,1-2H3,(H,15,18). The number of amides is 1. The Bertz CT molecular complexity index is 503. The first-order valence-electron chi connectivity index (χ1n) is 7.19. The minimum atomic E-state index is -0.476. The van der Waals surface area contributed by atoms with Gasteiger partial charge in [0, 0.05) is 18.5 Å². The third-order valence-electron chi connectivity index (χ3n) is 3.46. The molecule has 1 fully saturated rings. The number of esters is 1. The van der Waals surface area contributed by atoms with E-state index in [1.165, 1.54) is 6.42 Å². The predicted molar refractivity (Wildman–Crippen MR) is 80.6 cm³/mol. The van der Waals surface area contributed by atoms with Crippen LogP contribution in [-0.4, -0.2) is 55.0 Å². The predicted octanol–water partition coefficient (Wildman–Crippen LogP) is 1.39. The molecular formula is C14H21N3O3S. The Labute approximate surface area is 128 Å². The van der Waals surface area contributed by atoms with Crippen molar-refractivity contribution in [3.05, 3.63) is 16.1 Å². The number of carbonyl (C=O) groups excluding carboxylic acids is 2. The van der Waals surface area contributed by atoms with Gasteiger partial charge >= 0.3 is 5.97 Å². The first-order chi connectivity index (χ1) is 10.1. The van der Waals surface area contributed by atoms with Crippen LogP contribution in [-0.2, 0) is 4.74 Å². The Kier molecular flexibility index (Phi) is 5.69. The summed E-state index contributed by atoms with van der Waals surface area (Å²) >= 11 is 1.13. The maximum absolute atomic E-state index is 12.0. The van der Waals surface area contributed by atoms with Crippen molar-refractivity contribution in [3.8, 4) is 0 Å². The Morgan fingerprint density at radius 3 is 3.10 bits per heavy atom. The molecule has 0 aliphatic carbocycles. The second-order valence-corrected chi connectivity index (χ2v) is 6.10. The maximum Gasteiger partial charge on any atom is 0.367 e. The molecular weight excluding hydrogens is 290 g/mol. The lowest BCUT2D eigenvalue weighted by Gasteiger charge is -2.29. The number of hydrogen-bond donors (Lipinski definition) is 1. The molecule has 1 aliphatic heterocycles. The van der Waals surface area contributed by atoms with Crippen molar-refractivity contribution < 1.29 is 14.3 Å². The maximum atomic E-state index is 12.0. The van der Waals surface area contributed by atoms with Gasteiger partial charge in [0.25, 0.3) is 5.91 Å². The van der Waals surface area contributed by atoms with Gasteiger partial charge in [-0.2, -0.15) is 0 Å². The summed E-state index contributed by atoms with van der Waals surface area (Å²) in [5.41, 5.74) is 0.284. The first-order valence-corrected chi connectivity index (χ1v) is 8.07. The van der Waals surface area contributed by atoms with Crippen LogP contribution < -0.4 is 5.32 Å². The van der Waals surface area contributed by atoms with Gasteiger partial charge in [-0.1, -0.05) is 0 Å². The van der Waals surface area contributed by atoms with E-state index in [9.17, 15) is 9.59 Å². The van der Waals surface area contributed by atoms with Crippen molar-refractivity contribution in [1.29, 1.82) is 0 Å². The van der Waals surface area contributed by atoms with E-state index in [1.54, 1.807) is 12.3 Å². The second kappa shape index (κ2) is 7.51. The molecule has 0 aromatic carbocycles. The Morgan fingerprint density at radius 1 is 1.57 bits per heavy atom. The number of aromatic nitrogens is 1. The van der Waals surface area contributed by atoms with Crippen LogP contribution in [0.4, 0.5) is 0 Å². The second-order valence-electron chi connectivity index (χ2n) is 5.24. The van der Waals surface area contributed by atoms with Crippen LogP contribution in [0.5, 0.6) is 0 Å². The number of carbonyl (C=O) groups is 2. The third-order valence-corrected chi connectivity index (χ3v) is 4.28. The molecule has 21 heavy (non-hydrogen) atoms. The van der Waals surface area contributed by atoms with E-state index in [-0.39, 0.29) is 16.6 Å². The molecule has 0 saturated carbocycles. The fourth-order valence-electron chi connectivity index (χ4n) is 2.43. The number of nitrogens with one attached hydrogen (secondary N) is 1. The van der Waals surface area contributed by atoms with Crippen LogP contribution in [0, 0.1) is 5.92 Å². The Hall–Kier alpha value is -1.47. The van der Waals surface area contributed by atoms with Gasteiger partial charge in [0.15, 0.2) is 0 Å². The highest BCUT2D eigenvalue weighted by molar-refractivity contribution is 7.11. The van der Waals surface area contributed by atoms with Crippen molar-refractivity contribution in [2.24, 2.45) is 5.92 Å².